The molecule has 1 N–H and O–H groups in total. The van der Waals surface area contributed by atoms with Gasteiger partial charge in [-0.3, -0.25) is 4.79 Å². The first-order valence-electron chi connectivity index (χ1n) is 9.38. The standard InChI is InChI=1S/C21H21N5O3/c27-20(11-22-21(28)29-15-16-7-3-1-4-8-16)25-12-18(13-25)26-14-19(23-24-26)17-9-5-2-6-10-17/h1-10,14,18H,11-13,15H2,(H,22,28). The second-order valence-corrected chi connectivity index (χ2v) is 6.82. The van der Waals surface area contributed by atoms with Crippen LogP contribution in [0.3, 0.4) is 0 Å². The van der Waals surface area contributed by atoms with Gasteiger partial charge in [-0.05, 0) is 5.56 Å². The van der Waals surface area contributed by atoms with E-state index in [2.05, 4.69) is 15.6 Å². The highest BCUT2D eigenvalue weighted by atomic mass is 16.5. The fourth-order valence-electron chi connectivity index (χ4n) is 3.06. The molecule has 1 fully saturated rings. The third-order valence-electron chi connectivity index (χ3n) is 4.77. The molecule has 4 rings (SSSR count). The first kappa shape index (κ1) is 18.7. The lowest BCUT2D eigenvalue weighted by molar-refractivity contribution is -0.136. The minimum absolute atomic E-state index is 0.0903. The molecule has 2 amide bonds. The van der Waals surface area contributed by atoms with E-state index in [1.807, 2.05) is 66.9 Å². The van der Waals surface area contributed by atoms with E-state index in [1.54, 1.807) is 9.58 Å². The van der Waals surface area contributed by atoms with Gasteiger partial charge in [0.1, 0.15) is 18.8 Å². The Bertz CT molecular complexity index is 968. The van der Waals surface area contributed by atoms with Gasteiger partial charge in [-0.1, -0.05) is 65.9 Å². The summed E-state index contributed by atoms with van der Waals surface area (Å²) in [5, 5.41) is 10.9. The van der Waals surface area contributed by atoms with Crippen molar-refractivity contribution in [3.8, 4) is 11.3 Å². The van der Waals surface area contributed by atoms with E-state index in [1.165, 1.54) is 0 Å². The summed E-state index contributed by atoms with van der Waals surface area (Å²) in [5.41, 5.74) is 2.70. The van der Waals surface area contributed by atoms with Crippen LogP contribution in [-0.2, 0) is 16.1 Å². The fraction of sp³-hybridized carbons (Fsp3) is 0.238. The molecular formula is C21H21N5O3. The molecule has 0 spiro atoms. The number of rotatable bonds is 6. The average Bonchev–Trinajstić information content (AvgIpc) is 3.21. The predicted molar refractivity (Wildman–Crippen MR) is 106 cm³/mol. The number of alkyl carbamates (subject to hydrolysis) is 1. The molecule has 1 aliphatic heterocycles. The number of likely N-dealkylation sites (tertiary alicyclic amines) is 1. The van der Waals surface area contributed by atoms with Crippen LogP contribution in [0.15, 0.2) is 66.9 Å². The van der Waals surface area contributed by atoms with Crippen LogP contribution in [0.25, 0.3) is 11.3 Å². The Balaban J connectivity index is 1.19. The molecule has 1 saturated heterocycles. The summed E-state index contributed by atoms with van der Waals surface area (Å²) in [7, 11) is 0. The molecule has 0 aliphatic carbocycles. The lowest BCUT2D eigenvalue weighted by atomic mass is 10.1. The number of aromatic nitrogens is 3. The summed E-state index contributed by atoms with van der Waals surface area (Å²) in [6, 6.07) is 19.3. The molecule has 2 aromatic carbocycles. The summed E-state index contributed by atoms with van der Waals surface area (Å²) in [6.45, 7) is 1.16. The molecule has 1 aromatic heterocycles. The van der Waals surface area contributed by atoms with E-state index in [4.69, 9.17) is 4.74 Å². The SMILES string of the molecule is O=C(NCC(=O)N1CC(n2cc(-c3ccccc3)nn2)C1)OCc1ccccc1. The summed E-state index contributed by atoms with van der Waals surface area (Å²) in [5.74, 6) is -0.152. The van der Waals surface area contributed by atoms with Crippen LogP contribution >= 0.6 is 0 Å². The zero-order valence-electron chi connectivity index (χ0n) is 15.8. The maximum absolute atomic E-state index is 12.2. The summed E-state index contributed by atoms with van der Waals surface area (Å²) < 4.78 is 6.89. The monoisotopic (exact) mass is 391 g/mol. The number of hydrogen-bond donors (Lipinski definition) is 1. The zero-order valence-corrected chi connectivity index (χ0v) is 15.8. The van der Waals surface area contributed by atoms with Gasteiger partial charge in [-0.15, -0.1) is 5.10 Å². The quantitative estimate of drug-likeness (QED) is 0.696. The van der Waals surface area contributed by atoms with Gasteiger partial charge < -0.3 is 15.0 Å². The smallest absolute Gasteiger partial charge is 0.407 e. The molecule has 8 nitrogen and oxygen atoms in total. The molecule has 0 atom stereocenters. The molecular weight excluding hydrogens is 370 g/mol. The number of carbonyl (C=O) groups is 2. The number of benzene rings is 2. The third kappa shape index (κ3) is 4.60. The number of nitrogens with zero attached hydrogens (tertiary/aromatic N) is 4. The number of nitrogens with one attached hydrogen (secondary N) is 1. The maximum atomic E-state index is 12.2. The second kappa shape index (κ2) is 8.55. The molecule has 2 heterocycles. The van der Waals surface area contributed by atoms with E-state index in [9.17, 15) is 9.59 Å². The summed E-state index contributed by atoms with van der Waals surface area (Å²) >= 11 is 0. The molecule has 3 aromatic rings. The van der Waals surface area contributed by atoms with Gasteiger partial charge >= 0.3 is 6.09 Å². The molecule has 0 radical (unpaired) electrons. The number of amides is 2. The van der Waals surface area contributed by atoms with Crippen LogP contribution in [0.1, 0.15) is 11.6 Å². The van der Waals surface area contributed by atoms with Gasteiger partial charge in [0.25, 0.3) is 0 Å². The van der Waals surface area contributed by atoms with Crippen molar-refractivity contribution in [3.63, 3.8) is 0 Å². The minimum Gasteiger partial charge on any atom is -0.445 e. The van der Waals surface area contributed by atoms with Crippen molar-refractivity contribution in [2.45, 2.75) is 12.6 Å². The molecule has 8 heteroatoms. The molecule has 0 bridgehead atoms. The minimum atomic E-state index is -0.608. The Morgan fingerprint density at radius 1 is 1.03 bits per heavy atom. The zero-order chi connectivity index (χ0) is 20.1. The Hall–Kier alpha value is -3.68. The average molecular weight is 391 g/mol. The Morgan fingerprint density at radius 2 is 1.72 bits per heavy atom. The van der Waals surface area contributed by atoms with Crippen molar-refractivity contribution < 1.29 is 14.3 Å². The highest BCUT2D eigenvalue weighted by Crippen LogP contribution is 2.23. The summed E-state index contributed by atoms with van der Waals surface area (Å²) in [6.07, 6.45) is 1.28. The lowest BCUT2D eigenvalue weighted by Gasteiger charge is -2.38. The van der Waals surface area contributed by atoms with E-state index in [0.717, 1.165) is 16.8 Å². The largest absolute Gasteiger partial charge is 0.445 e. The Kier molecular flexibility index (Phi) is 5.51. The number of carbonyl (C=O) groups excluding carboxylic acids is 2. The molecule has 148 valence electrons. The normalized spacial score (nSPS) is 13.6. The van der Waals surface area contributed by atoms with E-state index in [-0.39, 0.29) is 25.1 Å². The van der Waals surface area contributed by atoms with E-state index in [0.29, 0.717) is 13.1 Å². The van der Waals surface area contributed by atoms with Gasteiger partial charge in [0.2, 0.25) is 5.91 Å². The predicted octanol–water partition coefficient (Wildman–Crippen LogP) is 2.25. The van der Waals surface area contributed by atoms with Gasteiger partial charge in [0, 0.05) is 18.7 Å². The van der Waals surface area contributed by atoms with Crippen LogP contribution in [0.2, 0.25) is 0 Å². The van der Waals surface area contributed by atoms with Crippen molar-refractivity contribution in [1.29, 1.82) is 0 Å². The van der Waals surface area contributed by atoms with Crippen molar-refractivity contribution in [1.82, 2.24) is 25.2 Å². The van der Waals surface area contributed by atoms with Crippen molar-refractivity contribution in [2.24, 2.45) is 0 Å². The topological polar surface area (TPSA) is 89.4 Å². The van der Waals surface area contributed by atoms with Gasteiger partial charge in [0.05, 0.1) is 12.2 Å². The Morgan fingerprint density at radius 3 is 2.45 bits per heavy atom. The van der Waals surface area contributed by atoms with Crippen LogP contribution in [0, 0.1) is 0 Å². The van der Waals surface area contributed by atoms with E-state index < -0.39 is 6.09 Å². The highest BCUT2D eigenvalue weighted by Gasteiger charge is 2.32. The molecule has 29 heavy (non-hydrogen) atoms. The maximum Gasteiger partial charge on any atom is 0.407 e. The molecule has 1 aliphatic rings. The Labute approximate surface area is 168 Å². The van der Waals surface area contributed by atoms with Crippen molar-refractivity contribution in [3.05, 3.63) is 72.4 Å². The van der Waals surface area contributed by atoms with Crippen molar-refractivity contribution in [2.75, 3.05) is 19.6 Å². The summed E-state index contributed by atoms with van der Waals surface area (Å²) in [4.78, 5) is 25.6. The van der Waals surface area contributed by atoms with Gasteiger partial charge in [-0.25, -0.2) is 9.48 Å². The third-order valence-corrected chi connectivity index (χ3v) is 4.77. The van der Waals surface area contributed by atoms with Crippen LogP contribution in [-0.4, -0.2) is 51.5 Å². The van der Waals surface area contributed by atoms with Gasteiger partial charge in [0.15, 0.2) is 0 Å². The van der Waals surface area contributed by atoms with Crippen LogP contribution in [0.4, 0.5) is 4.79 Å². The van der Waals surface area contributed by atoms with Crippen LogP contribution in [0.5, 0.6) is 0 Å². The second-order valence-electron chi connectivity index (χ2n) is 6.82. The lowest BCUT2D eigenvalue weighted by Crippen LogP contribution is -2.53. The molecule has 0 unspecified atom stereocenters. The molecule has 0 saturated carbocycles. The highest BCUT2D eigenvalue weighted by molar-refractivity contribution is 5.82. The first-order valence-corrected chi connectivity index (χ1v) is 9.38. The fourth-order valence-corrected chi connectivity index (χ4v) is 3.06. The first-order chi connectivity index (χ1) is 14.2. The van der Waals surface area contributed by atoms with Crippen molar-refractivity contribution >= 4 is 12.0 Å². The van der Waals surface area contributed by atoms with Gasteiger partial charge in [-0.2, -0.15) is 0 Å². The van der Waals surface area contributed by atoms with Crippen LogP contribution < -0.4 is 5.32 Å². The number of hydrogen-bond acceptors (Lipinski definition) is 5. The van der Waals surface area contributed by atoms with E-state index >= 15 is 0 Å². The number of ether oxygens (including phenoxy) is 1.